The van der Waals surface area contributed by atoms with Gasteiger partial charge in [-0.05, 0) is 36.8 Å². The number of nitrogens with one attached hydrogen (secondary N) is 1. The first-order chi connectivity index (χ1) is 10.6. The number of rotatable bonds is 3. The number of aromatic nitrogens is 3. The van der Waals surface area contributed by atoms with E-state index in [0.717, 1.165) is 15.7 Å². The van der Waals surface area contributed by atoms with Crippen LogP contribution in [0.1, 0.15) is 16.1 Å². The number of carbonyl (C=O) groups excluding carboxylic acids is 1. The van der Waals surface area contributed by atoms with Crippen molar-refractivity contribution in [3.63, 3.8) is 0 Å². The number of carbonyl (C=O) groups is 1. The van der Waals surface area contributed by atoms with E-state index < -0.39 is 0 Å². The number of nitrogens with zero attached hydrogens (tertiary/aromatic N) is 3. The molecular formula is C16H13BrN4O. The fourth-order valence-corrected chi connectivity index (χ4v) is 2.36. The van der Waals surface area contributed by atoms with E-state index in [1.807, 2.05) is 31.2 Å². The van der Waals surface area contributed by atoms with Gasteiger partial charge < -0.3 is 5.32 Å². The second-order valence-electron chi connectivity index (χ2n) is 4.76. The maximum Gasteiger partial charge on any atom is 0.274 e. The minimum Gasteiger partial charge on any atom is -0.320 e. The molecule has 3 rings (SSSR count). The summed E-state index contributed by atoms with van der Waals surface area (Å²) in [7, 11) is 0. The Kier molecular flexibility index (Phi) is 4.02. The van der Waals surface area contributed by atoms with Gasteiger partial charge in [0.2, 0.25) is 0 Å². The van der Waals surface area contributed by atoms with Gasteiger partial charge in [-0.15, -0.1) is 0 Å². The third-order valence-corrected chi connectivity index (χ3v) is 3.68. The van der Waals surface area contributed by atoms with Crippen LogP contribution >= 0.6 is 15.9 Å². The topological polar surface area (TPSA) is 59.8 Å². The number of aryl methyl sites for hydroxylation is 1. The summed E-state index contributed by atoms with van der Waals surface area (Å²) in [5.41, 5.74) is 2.10. The van der Waals surface area contributed by atoms with Gasteiger partial charge in [0.05, 0.1) is 0 Å². The Labute approximate surface area is 136 Å². The number of hydrogen-bond donors (Lipinski definition) is 1. The van der Waals surface area contributed by atoms with Crippen LogP contribution in [0.4, 0.5) is 5.69 Å². The molecule has 22 heavy (non-hydrogen) atoms. The van der Waals surface area contributed by atoms with Crippen molar-refractivity contribution >= 4 is 27.5 Å². The van der Waals surface area contributed by atoms with Gasteiger partial charge in [-0.3, -0.25) is 9.36 Å². The van der Waals surface area contributed by atoms with Crippen molar-refractivity contribution in [1.82, 2.24) is 14.5 Å². The fraction of sp³-hybridized carbons (Fsp3) is 0.0625. The molecule has 0 radical (unpaired) electrons. The van der Waals surface area contributed by atoms with E-state index in [9.17, 15) is 4.79 Å². The molecule has 0 aliphatic rings. The first kappa shape index (κ1) is 14.5. The lowest BCUT2D eigenvalue weighted by Gasteiger charge is -2.09. The molecule has 0 atom stereocenters. The molecule has 0 saturated carbocycles. The van der Waals surface area contributed by atoms with Gasteiger partial charge in [-0.25, -0.2) is 9.97 Å². The number of benzene rings is 1. The second kappa shape index (κ2) is 6.11. The molecule has 5 nitrogen and oxygen atoms in total. The Balaban J connectivity index is 1.86. The number of anilines is 1. The number of halogens is 1. The zero-order valence-electron chi connectivity index (χ0n) is 11.8. The average molecular weight is 357 g/mol. The molecule has 0 unspecified atom stereocenters. The molecule has 0 saturated heterocycles. The normalized spacial score (nSPS) is 10.5. The smallest absolute Gasteiger partial charge is 0.274 e. The van der Waals surface area contributed by atoms with Crippen LogP contribution < -0.4 is 5.32 Å². The van der Waals surface area contributed by atoms with Crippen molar-refractivity contribution < 1.29 is 4.79 Å². The number of amides is 1. The van der Waals surface area contributed by atoms with E-state index >= 15 is 0 Å². The van der Waals surface area contributed by atoms with E-state index in [1.165, 1.54) is 0 Å². The molecule has 0 aliphatic heterocycles. The summed E-state index contributed by atoms with van der Waals surface area (Å²) in [5, 5.41) is 2.88. The molecule has 1 N–H and O–H groups in total. The first-order valence-corrected chi connectivity index (χ1v) is 7.46. The van der Waals surface area contributed by atoms with Gasteiger partial charge in [0, 0.05) is 22.6 Å². The zero-order chi connectivity index (χ0) is 15.5. The molecule has 2 heterocycles. The van der Waals surface area contributed by atoms with Crippen molar-refractivity contribution in [1.29, 1.82) is 0 Å². The summed E-state index contributed by atoms with van der Waals surface area (Å²) in [6, 6.07) is 11.0. The van der Waals surface area contributed by atoms with Crippen molar-refractivity contribution in [3.05, 3.63) is 70.8 Å². The largest absolute Gasteiger partial charge is 0.320 e. The molecule has 0 aliphatic carbocycles. The number of hydrogen-bond acceptors (Lipinski definition) is 3. The summed E-state index contributed by atoms with van der Waals surface area (Å²) in [4.78, 5) is 20.7. The highest BCUT2D eigenvalue weighted by molar-refractivity contribution is 9.10. The average Bonchev–Trinajstić information content (AvgIpc) is 3.05. The highest BCUT2D eigenvalue weighted by Crippen LogP contribution is 2.21. The quantitative estimate of drug-likeness (QED) is 0.779. The predicted molar refractivity (Wildman–Crippen MR) is 88.2 cm³/mol. The minimum atomic E-state index is -0.247. The standard InChI is InChI=1S/C16H13BrN4O/c1-11-5-6-12(17)9-14(11)20-16(22)13-3-2-4-15(19-13)21-8-7-18-10-21/h2-10H,1H3,(H,20,22). The maximum absolute atomic E-state index is 12.4. The molecule has 3 aromatic rings. The van der Waals surface area contributed by atoms with Crippen LogP contribution in [0.3, 0.4) is 0 Å². The SMILES string of the molecule is Cc1ccc(Br)cc1NC(=O)c1cccc(-n2ccnc2)n1. The van der Waals surface area contributed by atoms with Gasteiger partial charge >= 0.3 is 0 Å². The summed E-state index contributed by atoms with van der Waals surface area (Å²) in [6.07, 6.45) is 5.09. The molecule has 2 aromatic heterocycles. The number of pyridine rings is 1. The Morgan fingerprint density at radius 2 is 2.14 bits per heavy atom. The van der Waals surface area contributed by atoms with Gasteiger partial charge in [-0.2, -0.15) is 0 Å². The van der Waals surface area contributed by atoms with Crippen LogP contribution in [0.2, 0.25) is 0 Å². The Bertz CT molecular complexity index is 815. The van der Waals surface area contributed by atoms with Gasteiger partial charge in [0.15, 0.2) is 0 Å². The van der Waals surface area contributed by atoms with Crippen molar-refractivity contribution in [3.8, 4) is 5.82 Å². The van der Waals surface area contributed by atoms with Crippen molar-refractivity contribution in [2.24, 2.45) is 0 Å². The summed E-state index contributed by atoms with van der Waals surface area (Å²) < 4.78 is 2.66. The fourth-order valence-electron chi connectivity index (χ4n) is 2.00. The molecule has 1 amide bonds. The zero-order valence-corrected chi connectivity index (χ0v) is 13.4. The van der Waals surface area contributed by atoms with E-state index in [4.69, 9.17) is 0 Å². The Morgan fingerprint density at radius 1 is 1.27 bits per heavy atom. The highest BCUT2D eigenvalue weighted by atomic mass is 79.9. The monoisotopic (exact) mass is 356 g/mol. The molecule has 0 bridgehead atoms. The molecule has 0 spiro atoms. The number of imidazole rings is 1. The van der Waals surface area contributed by atoms with Crippen molar-refractivity contribution in [2.45, 2.75) is 6.92 Å². The lowest BCUT2D eigenvalue weighted by molar-refractivity contribution is 0.102. The van der Waals surface area contributed by atoms with E-state index in [0.29, 0.717) is 11.5 Å². The van der Waals surface area contributed by atoms with Crippen LogP contribution in [0.25, 0.3) is 5.82 Å². The van der Waals surface area contributed by atoms with Crippen LogP contribution in [0, 0.1) is 6.92 Å². The van der Waals surface area contributed by atoms with E-state index in [1.54, 1.807) is 35.4 Å². The highest BCUT2D eigenvalue weighted by Gasteiger charge is 2.10. The molecule has 1 aromatic carbocycles. The lowest BCUT2D eigenvalue weighted by Crippen LogP contribution is -2.15. The second-order valence-corrected chi connectivity index (χ2v) is 5.68. The molecule has 6 heteroatoms. The summed E-state index contributed by atoms with van der Waals surface area (Å²) in [5.74, 6) is 0.402. The third-order valence-electron chi connectivity index (χ3n) is 3.18. The molecular weight excluding hydrogens is 344 g/mol. The van der Waals surface area contributed by atoms with Gasteiger partial charge in [0.1, 0.15) is 17.8 Å². The van der Waals surface area contributed by atoms with Crippen molar-refractivity contribution in [2.75, 3.05) is 5.32 Å². The predicted octanol–water partition coefficient (Wildman–Crippen LogP) is 3.59. The summed E-state index contributed by atoms with van der Waals surface area (Å²) >= 11 is 3.40. The third kappa shape index (κ3) is 3.07. The maximum atomic E-state index is 12.4. The molecule has 0 fully saturated rings. The Morgan fingerprint density at radius 3 is 2.91 bits per heavy atom. The van der Waals surface area contributed by atoms with E-state index in [-0.39, 0.29) is 5.91 Å². The van der Waals surface area contributed by atoms with Crippen LogP contribution in [0.5, 0.6) is 0 Å². The van der Waals surface area contributed by atoms with Gasteiger partial charge in [0.25, 0.3) is 5.91 Å². The molecule has 110 valence electrons. The first-order valence-electron chi connectivity index (χ1n) is 6.66. The lowest BCUT2D eigenvalue weighted by atomic mass is 10.2. The van der Waals surface area contributed by atoms with Crippen LogP contribution in [0.15, 0.2) is 59.6 Å². The Hall–Kier alpha value is -2.47. The van der Waals surface area contributed by atoms with Crippen LogP contribution in [-0.4, -0.2) is 20.4 Å². The minimum absolute atomic E-state index is 0.247. The van der Waals surface area contributed by atoms with E-state index in [2.05, 4.69) is 31.2 Å². The van der Waals surface area contributed by atoms with Gasteiger partial charge in [-0.1, -0.05) is 28.1 Å². The summed E-state index contributed by atoms with van der Waals surface area (Å²) in [6.45, 7) is 1.94. The van der Waals surface area contributed by atoms with Crippen LogP contribution in [-0.2, 0) is 0 Å².